The maximum Gasteiger partial charge on any atom is 0.318 e. The number of amides is 2. The van der Waals surface area contributed by atoms with Gasteiger partial charge in [-0.05, 0) is 49.9 Å². The maximum absolute atomic E-state index is 13.0. The smallest absolute Gasteiger partial charge is 0.318 e. The van der Waals surface area contributed by atoms with E-state index in [2.05, 4.69) is 36.0 Å². The molecule has 0 spiro atoms. The molecule has 5 heteroatoms. The summed E-state index contributed by atoms with van der Waals surface area (Å²) in [5.74, 6) is 0. The second-order valence-corrected chi connectivity index (χ2v) is 8.30. The summed E-state index contributed by atoms with van der Waals surface area (Å²) in [5, 5.41) is 4.06. The topological polar surface area (TPSA) is 37.3 Å². The summed E-state index contributed by atoms with van der Waals surface area (Å²) in [4.78, 5) is 15.0. The zero-order chi connectivity index (χ0) is 19.9. The molecule has 1 fully saturated rings. The number of benzene rings is 1. The molecule has 28 heavy (non-hydrogen) atoms. The van der Waals surface area contributed by atoms with Gasteiger partial charge in [0.05, 0.1) is 6.54 Å². The standard InChI is InChI=1S/C23H32ClN3O/c1-3-18(2)27(23(28)25-20-11-5-4-6-12-20)17-21-13-9-15-26(21)16-19-10-7-8-14-22(19)24/h7-10,13-15,18,20H,3-6,11-12,16-17H2,1-2H3,(H,25,28). The van der Waals surface area contributed by atoms with Crippen LogP contribution in [-0.2, 0) is 13.1 Å². The average Bonchev–Trinajstić information content (AvgIpc) is 3.14. The Hall–Kier alpha value is -1.94. The molecule has 2 amide bonds. The number of rotatable bonds is 7. The molecule has 1 aromatic carbocycles. The summed E-state index contributed by atoms with van der Waals surface area (Å²) in [6.07, 6.45) is 8.92. The normalized spacial score (nSPS) is 16.0. The number of hydrogen-bond acceptors (Lipinski definition) is 1. The quantitative estimate of drug-likeness (QED) is 0.622. The fourth-order valence-corrected chi connectivity index (χ4v) is 4.08. The van der Waals surface area contributed by atoms with Gasteiger partial charge in [0.2, 0.25) is 0 Å². The number of carbonyl (C=O) groups excluding carboxylic acids is 1. The highest BCUT2D eigenvalue weighted by molar-refractivity contribution is 6.31. The predicted molar refractivity (Wildman–Crippen MR) is 116 cm³/mol. The first-order valence-corrected chi connectivity index (χ1v) is 10.9. The van der Waals surface area contributed by atoms with Crippen LogP contribution in [0.5, 0.6) is 0 Å². The molecule has 0 aliphatic heterocycles. The van der Waals surface area contributed by atoms with E-state index >= 15 is 0 Å². The lowest BCUT2D eigenvalue weighted by Gasteiger charge is -2.32. The largest absolute Gasteiger partial charge is 0.345 e. The van der Waals surface area contributed by atoms with E-state index in [0.29, 0.717) is 19.1 Å². The Bertz CT molecular complexity index is 767. The minimum atomic E-state index is 0.0618. The zero-order valence-electron chi connectivity index (χ0n) is 17.0. The van der Waals surface area contributed by atoms with Crippen molar-refractivity contribution in [3.63, 3.8) is 0 Å². The van der Waals surface area contributed by atoms with E-state index in [-0.39, 0.29) is 12.1 Å². The van der Waals surface area contributed by atoms with Crippen molar-refractivity contribution in [2.45, 2.75) is 77.5 Å². The molecule has 1 heterocycles. The second kappa shape index (κ2) is 10.0. The van der Waals surface area contributed by atoms with Gasteiger partial charge in [0.15, 0.2) is 0 Å². The Morgan fingerprint density at radius 3 is 2.68 bits per heavy atom. The molecule has 0 radical (unpaired) electrons. The third-order valence-corrected chi connectivity index (χ3v) is 6.24. The molecule has 3 rings (SSSR count). The molecule has 1 unspecified atom stereocenters. The molecule has 1 aliphatic carbocycles. The molecule has 4 nitrogen and oxygen atoms in total. The van der Waals surface area contributed by atoms with Crippen LogP contribution in [0.4, 0.5) is 4.79 Å². The van der Waals surface area contributed by atoms with Crippen LogP contribution in [0.3, 0.4) is 0 Å². The number of aromatic nitrogens is 1. The minimum absolute atomic E-state index is 0.0618. The molecule has 1 N–H and O–H groups in total. The summed E-state index contributed by atoms with van der Waals surface area (Å²) in [6.45, 7) is 5.57. The van der Waals surface area contributed by atoms with Crippen molar-refractivity contribution in [2.24, 2.45) is 0 Å². The summed E-state index contributed by atoms with van der Waals surface area (Å²) in [6, 6.07) is 12.6. The zero-order valence-corrected chi connectivity index (χ0v) is 17.8. The van der Waals surface area contributed by atoms with Gasteiger partial charge in [0, 0.05) is 35.5 Å². The van der Waals surface area contributed by atoms with Crippen molar-refractivity contribution >= 4 is 17.6 Å². The van der Waals surface area contributed by atoms with Gasteiger partial charge in [-0.15, -0.1) is 0 Å². The fraction of sp³-hybridized carbons (Fsp3) is 0.522. The van der Waals surface area contributed by atoms with Crippen LogP contribution in [0.1, 0.15) is 63.6 Å². The Labute approximate surface area is 173 Å². The second-order valence-electron chi connectivity index (χ2n) is 7.89. The number of carbonyl (C=O) groups is 1. The van der Waals surface area contributed by atoms with Crippen LogP contribution in [0.2, 0.25) is 5.02 Å². The highest BCUT2D eigenvalue weighted by atomic mass is 35.5. The molecule has 1 atom stereocenters. The van der Waals surface area contributed by atoms with Crippen molar-refractivity contribution < 1.29 is 4.79 Å². The highest BCUT2D eigenvalue weighted by Crippen LogP contribution is 2.21. The summed E-state index contributed by atoms with van der Waals surface area (Å²) < 4.78 is 2.19. The van der Waals surface area contributed by atoms with Crippen LogP contribution in [-0.4, -0.2) is 27.6 Å². The Balaban J connectivity index is 1.72. The van der Waals surface area contributed by atoms with Gasteiger partial charge in [-0.3, -0.25) is 0 Å². The third kappa shape index (κ3) is 5.32. The van der Waals surface area contributed by atoms with E-state index < -0.39 is 0 Å². The van der Waals surface area contributed by atoms with E-state index in [4.69, 9.17) is 11.6 Å². The predicted octanol–water partition coefficient (Wildman–Crippen LogP) is 5.83. The maximum atomic E-state index is 13.0. The number of urea groups is 1. The molecular formula is C23H32ClN3O. The van der Waals surface area contributed by atoms with Crippen molar-refractivity contribution in [3.05, 3.63) is 58.9 Å². The highest BCUT2D eigenvalue weighted by Gasteiger charge is 2.24. The van der Waals surface area contributed by atoms with Crippen LogP contribution in [0, 0.1) is 0 Å². The molecule has 0 bridgehead atoms. The third-order valence-electron chi connectivity index (χ3n) is 5.87. The van der Waals surface area contributed by atoms with Gasteiger partial charge < -0.3 is 14.8 Å². The first-order valence-electron chi connectivity index (χ1n) is 10.5. The van der Waals surface area contributed by atoms with E-state index in [9.17, 15) is 4.79 Å². The summed E-state index contributed by atoms with van der Waals surface area (Å²) in [5.41, 5.74) is 2.21. The van der Waals surface area contributed by atoms with Crippen LogP contribution in [0.15, 0.2) is 42.6 Å². The average molecular weight is 402 g/mol. The van der Waals surface area contributed by atoms with Crippen molar-refractivity contribution in [3.8, 4) is 0 Å². The number of hydrogen-bond donors (Lipinski definition) is 1. The summed E-state index contributed by atoms with van der Waals surface area (Å²) in [7, 11) is 0. The van der Waals surface area contributed by atoms with E-state index in [1.54, 1.807) is 0 Å². The van der Waals surface area contributed by atoms with Crippen LogP contribution < -0.4 is 5.32 Å². The number of nitrogens with zero attached hydrogens (tertiary/aromatic N) is 2. The molecule has 2 aromatic rings. The fourth-order valence-electron chi connectivity index (χ4n) is 3.88. The van der Waals surface area contributed by atoms with E-state index in [0.717, 1.165) is 35.5 Å². The lowest BCUT2D eigenvalue weighted by molar-refractivity contribution is 0.165. The SMILES string of the molecule is CCC(C)N(Cc1cccn1Cc1ccccc1Cl)C(=O)NC1CCCCC1. The first-order chi connectivity index (χ1) is 13.6. The van der Waals surface area contributed by atoms with E-state index in [1.165, 1.54) is 19.3 Å². The summed E-state index contributed by atoms with van der Waals surface area (Å²) >= 11 is 6.34. The number of nitrogens with one attached hydrogen (secondary N) is 1. The van der Waals surface area contributed by atoms with Gasteiger partial charge in [0.25, 0.3) is 0 Å². The van der Waals surface area contributed by atoms with Gasteiger partial charge in [-0.25, -0.2) is 4.79 Å². The van der Waals surface area contributed by atoms with Crippen LogP contribution in [0.25, 0.3) is 0 Å². The molecular weight excluding hydrogens is 370 g/mol. The Kier molecular flexibility index (Phi) is 7.43. The van der Waals surface area contributed by atoms with Crippen molar-refractivity contribution in [1.82, 2.24) is 14.8 Å². The monoisotopic (exact) mass is 401 g/mol. The van der Waals surface area contributed by atoms with Gasteiger partial charge >= 0.3 is 6.03 Å². The number of halogens is 1. The lowest BCUT2D eigenvalue weighted by Crippen LogP contribution is -2.48. The van der Waals surface area contributed by atoms with Gasteiger partial charge in [-0.1, -0.05) is 56.0 Å². The molecule has 0 saturated heterocycles. The molecule has 1 aromatic heterocycles. The van der Waals surface area contributed by atoms with Crippen molar-refractivity contribution in [1.29, 1.82) is 0 Å². The lowest BCUT2D eigenvalue weighted by atomic mass is 9.96. The Morgan fingerprint density at radius 1 is 1.21 bits per heavy atom. The first kappa shape index (κ1) is 20.8. The Morgan fingerprint density at radius 2 is 1.96 bits per heavy atom. The van der Waals surface area contributed by atoms with E-state index in [1.807, 2.05) is 35.2 Å². The molecule has 152 valence electrons. The minimum Gasteiger partial charge on any atom is -0.345 e. The van der Waals surface area contributed by atoms with Gasteiger partial charge in [-0.2, -0.15) is 0 Å². The van der Waals surface area contributed by atoms with Crippen molar-refractivity contribution in [2.75, 3.05) is 0 Å². The molecule has 1 saturated carbocycles. The van der Waals surface area contributed by atoms with Gasteiger partial charge in [0.1, 0.15) is 0 Å². The van der Waals surface area contributed by atoms with Crippen LogP contribution >= 0.6 is 11.6 Å². The molecule has 1 aliphatic rings.